The number of nitrogens with one attached hydrogen (secondary N) is 1. The molecule has 0 aliphatic carbocycles. The van der Waals surface area contributed by atoms with Crippen LogP contribution in [0.1, 0.15) is 47.5 Å². The normalized spacial score (nSPS) is 15.1. The molecule has 0 saturated carbocycles. The van der Waals surface area contributed by atoms with Gasteiger partial charge in [-0.25, -0.2) is 0 Å². The molecule has 3 aromatic rings. The van der Waals surface area contributed by atoms with E-state index in [4.69, 9.17) is 11.6 Å². The summed E-state index contributed by atoms with van der Waals surface area (Å²) in [6.45, 7) is 1.52. The van der Waals surface area contributed by atoms with Crippen molar-refractivity contribution < 1.29 is 9.59 Å². The van der Waals surface area contributed by atoms with Crippen LogP contribution < -0.4 is 0 Å². The van der Waals surface area contributed by atoms with Crippen molar-refractivity contribution in [2.75, 3.05) is 13.1 Å². The van der Waals surface area contributed by atoms with Crippen molar-refractivity contribution >= 4 is 34.2 Å². The third-order valence-corrected chi connectivity index (χ3v) is 5.86. The topological polar surface area (TPSA) is 53.2 Å². The van der Waals surface area contributed by atoms with E-state index in [2.05, 4.69) is 29.2 Å². The Bertz CT molecular complexity index is 988. The second kappa shape index (κ2) is 8.19. The van der Waals surface area contributed by atoms with E-state index in [1.807, 2.05) is 17.0 Å². The summed E-state index contributed by atoms with van der Waals surface area (Å²) >= 11 is 6.05. The van der Waals surface area contributed by atoms with Gasteiger partial charge in [0.15, 0.2) is 5.78 Å². The van der Waals surface area contributed by atoms with Gasteiger partial charge >= 0.3 is 0 Å². The molecule has 1 saturated heterocycles. The van der Waals surface area contributed by atoms with Gasteiger partial charge in [0.2, 0.25) is 5.91 Å². The minimum absolute atomic E-state index is 0.0268. The summed E-state index contributed by atoms with van der Waals surface area (Å²) in [4.78, 5) is 30.2. The number of amides is 1. The highest BCUT2D eigenvalue weighted by Crippen LogP contribution is 2.28. The maximum atomic E-state index is 12.6. The Kier molecular flexibility index (Phi) is 5.49. The van der Waals surface area contributed by atoms with Gasteiger partial charge in [-0.3, -0.25) is 9.59 Å². The summed E-state index contributed by atoms with van der Waals surface area (Å²) in [7, 11) is 0. The number of carbonyl (C=O) groups is 2. The molecule has 1 N–H and O–H groups in total. The molecular weight excluding hydrogens is 372 g/mol. The van der Waals surface area contributed by atoms with Crippen LogP contribution in [-0.4, -0.2) is 34.7 Å². The van der Waals surface area contributed by atoms with E-state index in [-0.39, 0.29) is 24.5 Å². The molecule has 4 nitrogen and oxygen atoms in total. The van der Waals surface area contributed by atoms with E-state index in [1.165, 1.54) is 5.56 Å². The highest BCUT2D eigenvalue weighted by atomic mass is 35.5. The standard InChI is InChI=1S/C23H23ClN2O2/c24-18-6-7-21-19(14-18)20(15-25-21)22(27)8-9-23(28)26-12-10-17(11-13-26)16-4-2-1-3-5-16/h1-7,14-15,17,25H,8-13H2. The van der Waals surface area contributed by atoms with Crippen LogP contribution >= 0.6 is 11.6 Å². The molecule has 1 aromatic heterocycles. The Morgan fingerprint density at radius 3 is 2.54 bits per heavy atom. The fourth-order valence-electron chi connectivity index (χ4n) is 4.02. The van der Waals surface area contributed by atoms with Crippen LogP contribution in [0.5, 0.6) is 0 Å². The second-order valence-electron chi connectivity index (χ2n) is 7.38. The van der Waals surface area contributed by atoms with Gasteiger partial charge in [-0.05, 0) is 42.5 Å². The molecule has 1 fully saturated rings. The first-order valence-electron chi connectivity index (χ1n) is 9.74. The largest absolute Gasteiger partial charge is 0.360 e. The zero-order chi connectivity index (χ0) is 19.5. The van der Waals surface area contributed by atoms with Gasteiger partial charge in [0.1, 0.15) is 0 Å². The summed E-state index contributed by atoms with van der Waals surface area (Å²) in [6.07, 6.45) is 4.13. The number of nitrogens with zero attached hydrogens (tertiary/aromatic N) is 1. The average molecular weight is 395 g/mol. The van der Waals surface area contributed by atoms with Gasteiger partial charge in [-0.15, -0.1) is 0 Å². The van der Waals surface area contributed by atoms with E-state index in [0.29, 0.717) is 16.5 Å². The van der Waals surface area contributed by atoms with Crippen LogP contribution in [0.2, 0.25) is 5.02 Å². The van der Waals surface area contributed by atoms with Gasteiger partial charge in [0, 0.05) is 53.6 Å². The smallest absolute Gasteiger partial charge is 0.223 e. The number of fused-ring (bicyclic) bond motifs is 1. The number of carbonyl (C=O) groups excluding carboxylic acids is 2. The molecule has 0 radical (unpaired) electrons. The van der Waals surface area contributed by atoms with E-state index < -0.39 is 0 Å². The molecule has 1 aliphatic heterocycles. The molecule has 144 valence electrons. The first-order chi connectivity index (χ1) is 13.6. The summed E-state index contributed by atoms with van der Waals surface area (Å²) in [6, 6.07) is 15.9. The van der Waals surface area contributed by atoms with Crippen LogP contribution in [-0.2, 0) is 4.79 Å². The van der Waals surface area contributed by atoms with E-state index >= 15 is 0 Å². The maximum Gasteiger partial charge on any atom is 0.223 e. The monoisotopic (exact) mass is 394 g/mol. The predicted molar refractivity (Wildman–Crippen MR) is 112 cm³/mol. The van der Waals surface area contributed by atoms with Crippen LogP contribution in [0, 0.1) is 0 Å². The van der Waals surface area contributed by atoms with Crippen molar-refractivity contribution in [1.29, 1.82) is 0 Å². The second-order valence-corrected chi connectivity index (χ2v) is 7.82. The molecular formula is C23H23ClN2O2. The lowest BCUT2D eigenvalue weighted by Gasteiger charge is -2.32. The molecule has 5 heteroatoms. The lowest BCUT2D eigenvalue weighted by atomic mass is 9.89. The van der Waals surface area contributed by atoms with Crippen molar-refractivity contribution in [3.05, 3.63) is 70.9 Å². The first kappa shape index (κ1) is 18.8. The summed E-state index contributed by atoms with van der Waals surface area (Å²) in [5.74, 6) is 0.557. The van der Waals surface area contributed by atoms with Crippen molar-refractivity contribution in [3.63, 3.8) is 0 Å². The van der Waals surface area contributed by atoms with Crippen molar-refractivity contribution in [2.45, 2.75) is 31.6 Å². The number of rotatable bonds is 5. The SMILES string of the molecule is O=C(CCC(=O)N1CCC(c2ccccc2)CC1)c1c[nH]c2ccc(Cl)cc12. The van der Waals surface area contributed by atoms with Crippen LogP contribution in [0.25, 0.3) is 10.9 Å². The Labute approximate surface area is 169 Å². The first-order valence-corrected chi connectivity index (χ1v) is 10.1. The van der Waals surface area contributed by atoms with Crippen LogP contribution in [0.3, 0.4) is 0 Å². The molecule has 28 heavy (non-hydrogen) atoms. The molecule has 1 aliphatic rings. The summed E-state index contributed by atoms with van der Waals surface area (Å²) < 4.78 is 0. The van der Waals surface area contributed by atoms with Gasteiger partial charge in [-0.1, -0.05) is 41.9 Å². The number of likely N-dealkylation sites (tertiary alicyclic amines) is 1. The molecule has 0 spiro atoms. The van der Waals surface area contributed by atoms with Crippen molar-refractivity contribution in [3.8, 4) is 0 Å². The third kappa shape index (κ3) is 3.97. The summed E-state index contributed by atoms with van der Waals surface area (Å²) in [5, 5.41) is 1.41. The van der Waals surface area contributed by atoms with Gasteiger partial charge < -0.3 is 9.88 Å². The fourth-order valence-corrected chi connectivity index (χ4v) is 4.20. The fraction of sp³-hybridized carbons (Fsp3) is 0.304. The molecule has 0 bridgehead atoms. The number of H-pyrrole nitrogens is 1. The number of aromatic nitrogens is 1. The van der Waals surface area contributed by atoms with Gasteiger partial charge in [-0.2, -0.15) is 0 Å². The zero-order valence-electron chi connectivity index (χ0n) is 15.7. The molecule has 1 amide bonds. The molecule has 0 atom stereocenters. The molecule has 2 heterocycles. The Morgan fingerprint density at radius 1 is 1.04 bits per heavy atom. The van der Waals surface area contributed by atoms with Crippen molar-refractivity contribution in [1.82, 2.24) is 9.88 Å². The van der Waals surface area contributed by atoms with E-state index in [9.17, 15) is 9.59 Å². The van der Waals surface area contributed by atoms with Gasteiger partial charge in [0.05, 0.1) is 0 Å². The zero-order valence-corrected chi connectivity index (χ0v) is 16.4. The number of aromatic amines is 1. The lowest BCUT2D eigenvalue weighted by Crippen LogP contribution is -2.38. The number of piperidine rings is 1. The van der Waals surface area contributed by atoms with Gasteiger partial charge in [0.25, 0.3) is 0 Å². The van der Waals surface area contributed by atoms with E-state index in [0.717, 1.165) is 36.8 Å². The maximum absolute atomic E-state index is 12.6. The minimum atomic E-state index is -0.0268. The molecule has 2 aromatic carbocycles. The lowest BCUT2D eigenvalue weighted by molar-refractivity contribution is -0.132. The minimum Gasteiger partial charge on any atom is -0.360 e. The summed E-state index contributed by atoms with van der Waals surface area (Å²) in [5.41, 5.74) is 2.83. The van der Waals surface area contributed by atoms with E-state index in [1.54, 1.807) is 18.3 Å². The highest BCUT2D eigenvalue weighted by Gasteiger charge is 2.24. The Hall–Kier alpha value is -2.59. The number of Topliss-reactive ketones (excluding diaryl/α,β-unsaturated/α-hetero) is 1. The molecule has 4 rings (SSSR count). The highest BCUT2D eigenvalue weighted by molar-refractivity contribution is 6.31. The third-order valence-electron chi connectivity index (χ3n) is 5.63. The molecule has 0 unspecified atom stereocenters. The average Bonchev–Trinajstić information content (AvgIpc) is 3.15. The number of benzene rings is 2. The van der Waals surface area contributed by atoms with Crippen LogP contribution in [0.4, 0.5) is 0 Å². The number of hydrogen-bond acceptors (Lipinski definition) is 2. The predicted octanol–water partition coefficient (Wildman–Crippen LogP) is 5.19. The number of ketones is 1. The number of hydrogen-bond donors (Lipinski definition) is 1. The Balaban J connectivity index is 1.32. The number of halogens is 1. The van der Waals surface area contributed by atoms with Crippen molar-refractivity contribution in [2.24, 2.45) is 0 Å². The quantitative estimate of drug-likeness (QED) is 0.605. The van der Waals surface area contributed by atoms with Crippen LogP contribution in [0.15, 0.2) is 54.7 Å². The Morgan fingerprint density at radius 2 is 1.79 bits per heavy atom.